The third-order valence-electron chi connectivity index (χ3n) is 3.64. The second-order valence-corrected chi connectivity index (χ2v) is 5.40. The summed E-state index contributed by atoms with van der Waals surface area (Å²) in [5.41, 5.74) is 5.57. The zero-order valence-electron chi connectivity index (χ0n) is 13.4. The number of nitrogens with two attached hydrogens (primary N) is 1. The first kappa shape index (κ1) is 18.0. The molecule has 122 valence electrons. The largest absolute Gasteiger partial charge is 0.484 e. The lowest BCUT2D eigenvalue weighted by Crippen LogP contribution is -2.33. The molecular formula is C17H26N2O3. The van der Waals surface area contributed by atoms with E-state index in [4.69, 9.17) is 10.5 Å². The number of hydrogen-bond donors (Lipinski definition) is 2. The SMILES string of the molecule is CCCC[C@H](CC)CNC(=O)COc1ccc(C(N)=O)cc1. The lowest BCUT2D eigenvalue weighted by atomic mass is 9.99. The molecule has 0 fully saturated rings. The average Bonchev–Trinajstić information content (AvgIpc) is 2.53. The van der Waals surface area contributed by atoms with Gasteiger partial charge in [-0.15, -0.1) is 0 Å². The highest BCUT2D eigenvalue weighted by Gasteiger charge is 2.09. The Balaban J connectivity index is 2.31. The second kappa shape index (κ2) is 9.82. The number of hydrogen-bond acceptors (Lipinski definition) is 3. The molecule has 1 atom stereocenters. The number of primary amides is 1. The maximum absolute atomic E-state index is 11.8. The quantitative estimate of drug-likeness (QED) is 0.697. The van der Waals surface area contributed by atoms with Crippen molar-refractivity contribution in [3.05, 3.63) is 29.8 Å². The number of rotatable bonds is 10. The van der Waals surface area contributed by atoms with Crippen LogP contribution in [0, 0.1) is 5.92 Å². The Hall–Kier alpha value is -2.04. The van der Waals surface area contributed by atoms with Crippen LogP contribution in [0.25, 0.3) is 0 Å². The third-order valence-corrected chi connectivity index (χ3v) is 3.64. The number of nitrogens with one attached hydrogen (secondary N) is 1. The molecule has 0 spiro atoms. The summed E-state index contributed by atoms with van der Waals surface area (Å²) in [7, 11) is 0. The highest BCUT2D eigenvalue weighted by Crippen LogP contribution is 2.12. The van der Waals surface area contributed by atoms with E-state index in [2.05, 4.69) is 19.2 Å². The lowest BCUT2D eigenvalue weighted by Gasteiger charge is -2.15. The van der Waals surface area contributed by atoms with Gasteiger partial charge >= 0.3 is 0 Å². The summed E-state index contributed by atoms with van der Waals surface area (Å²) in [6.45, 7) is 4.98. The summed E-state index contributed by atoms with van der Waals surface area (Å²) in [6, 6.07) is 6.41. The van der Waals surface area contributed by atoms with Gasteiger partial charge in [0.2, 0.25) is 5.91 Å². The molecule has 0 heterocycles. The van der Waals surface area contributed by atoms with Gasteiger partial charge in [0, 0.05) is 12.1 Å². The normalized spacial score (nSPS) is 11.7. The third kappa shape index (κ3) is 6.61. The zero-order chi connectivity index (χ0) is 16.4. The predicted molar refractivity (Wildman–Crippen MR) is 86.8 cm³/mol. The minimum atomic E-state index is -0.484. The van der Waals surface area contributed by atoms with Crippen LogP contribution >= 0.6 is 0 Å². The van der Waals surface area contributed by atoms with E-state index in [1.54, 1.807) is 24.3 Å². The van der Waals surface area contributed by atoms with E-state index >= 15 is 0 Å². The van der Waals surface area contributed by atoms with E-state index in [0.29, 0.717) is 23.8 Å². The Morgan fingerprint density at radius 1 is 1.23 bits per heavy atom. The van der Waals surface area contributed by atoms with Crippen LogP contribution in [0.15, 0.2) is 24.3 Å². The summed E-state index contributed by atoms with van der Waals surface area (Å²) in [6.07, 6.45) is 4.57. The smallest absolute Gasteiger partial charge is 0.257 e. The van der Waals surface area contributed by atoms with Crippen LogP contribution in [0.5, 0.6) is 5.75 Å². The van der Waals surface area contributed by atoms with Gasteiger partial charge in [0.15, 0.2) is 6.61 Å². The first-order chi connectivity index (χ1) is 10.6. The fraction of sp³-hybridized carbons (Fsp3) is 0.529. The minimum Gasteiger partial charge on any atom is -0.484 e. The molecule has 2 amide bonds. The predicted octanol–water partition coefficient (Wildman–Crippen LogP) is 2.50. The summed E-state index contributed by atoms with van der Waals surface area (Å²) in [4.78, 5) is 22.7. The van der Waals surface area contributed by atoms with Crippen molar-refractivity contribution in [1.82, 2.24) is 5.32 Å². The van der Waals surface area contributed by atoms with Gasteiger partial charge in [-0.3, -0.25) is 9.59 Å². The number of ether oxygens (including phenoxy) is 1. The van der Waals surface area contributed by atoms with Crippen LogP contribution < -0.4 is 15.8 Å². The van der Waals surface area contributed by atoms with Crippen LogP contribution in [0.4, 0.5) is 0 Å². The number of benzene rings is 1. The Labute approximate surface area is 132 Å². The highest BCUT2D eigenvalue weighted by molar-refractivity contribution is 5.92. The maximum atomic E-state index is 11.8. The Morgan fingerprint density at radius 2 is 1.91 bits per heavy atom. The molecule has 0 saturated carbocycles. The van der Waals surface area contributed by atoms with Crippen molar-refractivity contribution >= 4 is 11.8 Å². The summed E-state index contributed by atoms with van der Waals surface area (Å²) in [5, 5.41) is 2.90. The molecule has 0 aliphatic carbocycles. The van der Waals surface area contributed by atoms with Crippen LogP contribution in [0.1, 0.15) is 49.9 Å². The maximum Gasteiger partial charge on any atom is 0.257 e. The molecule has 5 nitrogen and oxygen atoms in total. The van der Waals surface area contributed by atoms with Crippen molar-refractivity contribution in [2.24, 2.45) is 11.7 Å². The van der Waals surface area contributed by atoms with Crippen molar-refractivity contribution in [1.29, 1.82) is 0 Å². The molecule has 0 unspecified atom stereocenters. The van der Waals surface area contributed by atoms with Gasteiger partial charge < -0.3 is 15.8 Å². The summed E-state index contributed by atoms with van der Waals surface area (Å²) in [5.74, 6) is 0.452. The van der Waals surface area contributed by atoms with Gasteiger partial charge in [0.1, 0.15) is 5.75 Å². The molecule has 22 heavy (non-hydrogen) atoms. The van der Waals surface area contributed by atoms with Crippen LogP contribution in [-0.4, -0.2) is 25.0 Å². The molecule has 0 aliphatic rings. The first-order valence-corrected chi connectivity index (χ1v) is 7.86. The van der Waals surface area contributed by atoms with Crippen LogP contribution in [0.3, 0.4) is 0 Å². The summed E-state index contributed by atoms with van der Waals surface area (Å²) >= 11 is 0. The fourth-order valence-corrected chi connectivity index (χ4v) is 2.12. The number of carbonyl (C=O) groups excluding carboxylic acids is 2. The summed E-state index contributed by atoms with van der Waals surface area (Å²) < 4.78 is 5.39. The zero-order valence-corrected chi connectivity index (χ0v) is 13.4. The van der Waals surface area contributed by atoms with Crippen molar-refractivity contribution in [2.45, 2.75) is 39.5 Å². The molecule has 1 rings (SSSR count). The van der Waals surface area contributed by atoms with E-state index in [9.17, 15) is 9.59 Å². The molecule has 0 aliphatic heterocycles. The molecular weight excluding hydrogens is 280 g/mol. The molecule has 0 aromatic heterocycles. The lowest BCUT2D eigenvalue weighted by molar-refractivity contribution is -0.123. The molecule has 0 radical (unpaired) electrons. The van der Waals surface area contributed by atoms with Gasteiger partial charge in [-0.25, -0.2) is 0 Å². The second-order valence-electron chi connectivity index (χ2n) is 5.40. The molecule has 1 aromatic carbocycles. The van der Waals surface area contributed by atoms with Crippen molar-refractivity contribution in [3.63, 3.8) is 0 Å². The van der Waals surface area contributed by atoms with Crippen molar-refractivity contribution in [3.8, 4) is 5.75 Å². The molecule has 3 N–H and O–H groups in total. The van der Waals surface area contributed by atoms with E-state index in [1.165, 1.54) is 12.8 Å². The van der Waals surface area contributed by atoms with Crippen LogP contribution in [-0.2, 0) is 4.79 Å². The van der Waals surface area contributed by atoms with E-state index in [-0.39, 0.29) is 12.5 Å². The monoisotopic (exact) mass is 306 g/mol. The van der Waals surface area contributed by atoms with Gasteiger partial charge in [-0.1, -0.05) is 33.1 Å². The Kier molecular flexibility index (Phi) is 8.04. The molecule has 0 saturated heterocycles. The average molecular weight is 306 g/mol. The van der Waals surface area contributed by atoms with Crippen LogP contribution in [0.2, 0.25) is 0 Å². The van der Waals surface area contributed by atoms with E-state index in [0.717, 1.165) is 12.8 Å². The Bertz CT molecular complexity index is 471. The number of amides is 2. The molecule has 0 bridgehead atoms. The number of unbranched alkanes of at least 4 members (excludes halogenated alkanes) is 1. The highest BCUT2D eigenvalue weighted by atomic mass is 16.5. The van der Waals surface area contributed by atoms with Gasteiger partial charge in [0.05, 0.1) is 0 Å². The van der Waals surface area contributed by atoms with Crippen molar-refractivity contribution in [2.75, 3.05) is 13.2 Å². The van der Waals surface area contributed by atoms with Gasteiger partial charge in [-0.2, -0.15) is 0 Å². The standard InChI is InChI=1S/C17H26N2O3/c1-3-5-6-13(4-2)11-19-16(20)12-22-15-9-7-14(8-10-15)17(18)21/h7-10,13H,3-6,11-12H2,1-2H3,(H2,18,21)(H,19,20)/t13-/m0/s1. The minimum absolute atomic E-state index is 0.0276. The Morgan fingerprint density at radius 3 is 2.45 bits per heavy atom. The van der Waals surface area contributed by atoms with Gasteiger partial charge in [0.25, 0.3) is 5.91 Å². The van der Waals surface area contributed by atoms with E-state index < -0.39 is 5.91 Å². The number of carbonyl (C=O) groups is 2. The molecule has 1 aromatic rings. The van der Waals surface area contributed by atoms with E-state index in [1.807, 2.05) is 0 Å². The van der Waals surface area contributed by atoms with Gasteiger partial charge in [-0.05, 0) is 36.6 Å². The van der Waals surface area contributed by atoms with Crippen molar-refractivity contribution < 1.29 is 14.3 Å². The first-order valence-electron chi connectivity index (χ1n) is 7.86. The molecule has 5 heteroatoms. The topological polar surface area (TPSA) is 81.4 Å². The fourth-order valence-electron chi connectivity index (χ4n) is 2.12.